The number of halogens is 5. The maximum atomic E-state index is 6.70. The van der Waals surface area contributed by atoms with Crippen LogP contribution in [0.4, 0.5) is 0 Å². The van der Waals surface area contributed by atoms with E-state index in [1.807, 2.05) is 0 Å². The summed E-state index contributed by atoms with van der Waals surface area (Å²) >= 11 is 31.4. The third kappa shape index (κ3) is 3.49. The van der Waals surface area contributed by atoms with Crippen molar-refractivity contribution in [1.82, 2.24) is 5.09 Å². The molecule has 22 heavy (non-hydrogen) atoms. The molecular weight excluding hydrogens is 446 g/mol. The van der Waals surface area contributed by atoms with Gasteiger partial charge in [-0.3, -0.25) is 0 Å². The zero-order valence-electron chi connectivity index (χ0n) is 11.5. The number of hydrogen-bond donors (Lipinski definition) is 1. The Morgan fingerprint density at radius 2 is 1.18 bits per heavy atom. The Morgan fingerprint density at radius 1 is 0.727 bits per heavy atom. The van der Waals surface area contributed by atoms with Gasteiger partial charge in [-0.25, -0.2) is 5.09 Å². The number of nitrogens with zero attached hydrogens (tertiary/aromatic N) is 3. The maximum Gasteiger partial charge on any atom is 0.257 e. The van der Waals surface area contributed by atoms with Gasteiger partial charge in [-0.1, -0.05) is 0 Å². The van der Waals surface area contributed by atoms with Crippen LogP contribution in [0, 0.1) is 17.8 Å². The lowest BCUT2D eigenvalue weighted by Gasteiger charge is -2.57. The van der Waals surface area contributed by atoms with Gasteiger partial charge in [0.2, 0.25) is 6.71 Å². The highest BCUT2D eigenvalue weighted by Gasteiger charge is 2.53. The first-order valence-corrected chi connectivity index (χ1v) is 16.9. The molecule has 12 heteroatoms. The first-order valence-electron chi connectivity index (χ1n) is 7.25. The summed E-state index contributed by atoms with van der Waals surface area (Å²) in [6, 6.07) is 0. The van der Waals surface area contributed by atoms with Crippen molar-refractivity contribution in [2.24, 2.45) is 31.3 Å². The Hall–Kier alpha value is 2.10. The Balaban J connectivity index is 1.71. The molecular formula is C10H16Cl5N4P3. The lowest BCUT2D eigenvalue weighted by Crippen LogP contribution is -2.56. The zero-order chi connectivity index (χ0) is 15.8. The highest BCUT2D eigenvalue weighted by atomic mass is 35.9. The van der Waals surface area contributed by atoms with Crippen LogP contribution < -0.4 is 5.09 Å². The highest BCUT2D eigenvalue weighted by Crippen LogP contribution is 2.86. The van der Waals surface area contributed by atoms with Crippen molar-refractivity contribution in [3.8, 4) is 0 Å². The molecule has 0 aromatic rings. The molecule has 0 spiro atoms. The molecule has 4 aliphatic carbocycles. The van der Waals surface area contributed by atoms with Gasteiger partial charge < -0.3 is 0 Å². The smallest absolute Gasteiger partial charge is 0.247 e. The molecule has 4 bridgehead atoms. The van der Waals surface area contributed by atoms with E-state index in [0.29, 0.717) is 0 Å². The van der Waals surface area contributed by atoms with Crippen LogP contribution in [0.3, 0.4) is 0 Å². The molecule has 0 amide bonds. The van der Waals surface area contributed by atoms with Gasteiger partial charge in [0.1, 0.15) is 0 Å². The quantitative estimate of drug-likeness (QED) is 0.411. The number of nitrogens with one attached hydrogen (secondary N) is 1. The topological polar surface area (TPSA) is 49.1 Å². The van der Waals surface area contributed by atoms with Gasteiger partial charge in [-0.2, -0.15) is 13.5 Å². The van der Waals surface area contributed by atoms with E-state index in [2.05, 4.69) is 18.6 Å². The summed E-state index contributed by atoms with van der Waals surface area (Å²) in [6.07, 6.45) is 7.43. The lowest BCUT2D eigenvalue weighted by molar-refractivity contribution is -0.00766. The monoisotopic (exact) mass is 460 g/mol. The predicted molar refractivity (Wildman–Crippen MR) is 101 cm³/mol. The fourth-order valence-electron chi connectivity index (χ4n) is 5.06. The fraction of sp³-hybridized carbons (Fsp3) is 1.00. The van der Waals surface area contributed by atoms with Gasteiger partial charge in [0, 0.05) is 5.54 Å². The average molecular weight is 462 g/mol. The maximum absolute atomic E-state index is 6.70. The van der Waals surface area contributed by atoms with E-state index in [-0.39, 0.29) is 5.54 Å². The molecule has 5 aliphatic rings. The highest BCUT2D eigenvalue weighted by molar-refractivity contribution is 8.22. The predicted octanol–water partition coefficient (Wildman–Crippen LogP) is 8.59. The van der Waals surface area contributed by atoms with Gasteiger partial charge >= 0.3 is 0 Å². The van der Waals surface area contributed by atoms with Crippen molar-refractivity contribution < 1.29 is 0 Å². The van der Waals surface area contributed by atoms with E-state index in [1.54, 1.807) is 0 Å². The first kappa shape index (κ1) is 17.5. The number of rotatable bonds is 2. The minimum absolute atomic E-state index is 0.00380. The molecule has 1 aliphatic heterocycles. The van der Waals surface area contributed by atoms with E-state index in [4.69, 9.17) is 56.2 Å². The van der Waals surface area contributed by atoms with Crippen LogP contribution in [0.2, 0.25) is 0 Å². The van der Waals surface area contributed by atoms with Crippen molar-refractivity contribution in [2.45, 2.75) is 44.1 Å². The summed E-state index contributed by atoms with van der Waals surface area (Å²) in [4.78, 5) is 0. The molecule has 1 N–H and O–H groups in total. The molecule has 0 aromatic heterocycles. The molecule has 1 heterocycles. The molecule has 4 nitrogen and oxygen atoms in total. The lowest BCUT2D eigenvalue weighted by atomic mass is 9.53. The second kappa shape index (κ2) is 5.55. The summed E-state index contributed by atoms with van der Waals surface area (Å²) < 4.78 is 12.7. The van der Waals surface area contributed by atoms with Gasteiger partial charge in [-0.15, -0.1) is 0 Å². The molecule has 5 rings (SSSR count). The van der Waals surface area contributed by atoms with Crippen LogP contribution >= 0.6 is 74.7 Å². The van der Waals surface area contributed by atoms with Gasteiger partial charge in [0.25, 0.3) is 11.8 Å². The molecule has 1 atom stereocenters. The van der Waals surface area contributed by atoms with Gasteiger partial charge in [0.15, 0.2) is 0 Å². The number of hydrogen-bond acceptors (Lipinski definition) is 4. The summed E-state index contributed by atoms with van der Waals surface area (Å²) in [6.45, 7) is -2.81. The SMILES string of the molecule is ClP1(Cl)=NP(Cl)(Cl)=NP(Cl)(NC23CC4CC(CC(C4)C2)C3)=N1. The summed E-state index contributed by atoms with van der Waals surface area (Å²) in [5.74, 6) is -3.54. The first-order chi connectivity index (χ1) is 10.1. The fourth-order valence-corrected chi connectivity index (χ4v) is 22.8. The Morgan fingerprint density at radius 3 is 1.64 bits per heavy atom. The third-order valence-electron chi connectivity index (χ3n) is 5.09. The molecule has 4 fully saturated rings. The standard InChI is InChI=1S/C10H16Cl5N4P3/c11-20(12)17-21(13,14)19-22(15,18-20)16-10-4-7-1-8(5-10)3-9(2-7)6-10/h7-9,16H,1-6H2. The molecule has 1 unspecified atom stereocenters. The molecule has 0 saturated heterocycles. The normalized spacial score (nSPS) is 50.9. The Labute approximate surface area is 154 Å². The van der Waals surface area contributed by atoms with Crippen LogP contribution in [0.15, 0.2) is 13.5 Å². The molecule has 4 saturated carbocycles. The minimum Gasteiger partial charge on any atom is -0.247 e. The van der Waals surface area contributed by atoms with Crippen molar-refractivity contribution in [1.29, 1.82) is 0 Å². The van der Waals surface area contributed by atoms with E-state index in [1.165, 1.54) is 19.3 Å². The van der Waals surface area contributed by atoms with Crippen LogP contribution in [0.1, 0.15) is 38.5 Å². The summed E-state index contributed by atoms with van der Waals surface area (Å²) in [5.41, 5.74) is -0.00380. The Bertz CT molecular complexity index is 637. The molecule has 126 valence electrons. The van der Waals surface area contributed by atoms with Gasteiger partial charge in [-0.05, 0) is 112 Å². The summed E-state index contributed by atoms with van der Waals surface area (Å²) in [5, 5.41) is 3.55. The van der Waals surface area contributed by atoms with E-state index < -0.39 is 18.5 Å². The Kier molecular flexibility index (Phi) is 4.41. The summed E-state index contributed by atoms with van der Waals surface area (Å²) in [7, 11) is 0. The van der Waals surface area contributed by atoms with E-state index >= 15 is 0 Å². The van der Waals surface area contributed by atoms with Crippen molar-refractivity contribution in [2.75, 3.05) is 0 Å². The van der Waals surface area contributed by atoms with Crippen molar-refractivity contribution in [3.05, 3.63) is 0 Å². The van der Waals surface area contributed by atoms with E-state index in [0.717, 1.165) is 37.0 Å². The largest absolute Gasteiger partial charge is 0.257 e. The third-order valence-corrected chi connectivity index (χ3v) is 17.5. The van der Waals surface area contributed by atoms with Crippen molar-refractivity contribution >= 4 is 74.7 Å². The molecule has 0 radical (unpaired) electrons. The average Bonchev–Trinajstić information content (AvgIpc) is 2.18. The van der Waals surface area contributed by atoms with Crippen LogP contribution in [-0.2, 0) is 0 Å². The van der Waals surface area contributed by atoms with Crippen LogP contribution in [0.5, 0.6) is 0 Å². The van der Waals surface area contributed by atoms with Crippen LogP contribution in [0.25, 0.3) is 0 Å². The van der Waals surface area contributed by atoms with Gasteiger partial charge in [0.05, 0.1) is 0 Å². The molecule has 0 aromatic carbocycles. The zero-order valence-corrected chi connectivity index (χ0v) is 18.0. The van der Waals surface area contributed by atoms with Crippen molar-refractivity contribution in [3.63, 3.8) is 0 Å². The van der Waals surface area contributed by atoms with Crippen LogP contribution in [-0.4, -0.2) is 5.54 Å². The van der Waals surface area contributed by atoms with E-state index in [9.17, 15) is 0 Å². The second-order valence-electron chi connectivity index (χ2n) is 7.01. The minimum atomic E-state index is -2.95. The second-order valence-corrected chi connectivity index (χ2v) is 20.4.